The number of carbonyl (C=O) groups excluding carboxylic acids is 1. The number of carbonyl (C=O) groups is 1. The standard InChI is InChI=1S/C23H26N6O4.ClH/c1-3-4-13-27-19-20(25-22(27)26-15-11-24-12-16-26)29(33-17(2)30)23(32)28(21(19)31)14-10-18-8-6-5-7-9-18;/h5-9,24H,10-16H2,1-2H3;1H. The van der Waals surface area contributed by atoms with Crippen molar-refractivity contribution in [3.05, 3.63) is 56.7 Å². The van der Waals surface area contributed by atoms with Gasteiger partial charge in [-0.3, -0.25) is 13.9 Å². The molecule has 1 fully saturated rings. The molecule has 0 radical (unpaired) electrons. The number of fused-ring (bicyclic) bond motifs is 1. The fourth-order valence-corrected chi connectivity index (χ4v) is 3.90. The van der Waals surface area contributed by atoms with Gasteiger partial charge >= 0.3 is 11.7 Å². The number of halogens is 1. The van der Waals surface area contributed by atoms with Crippen LogP contribution in [0.1, 0.15) is 19.4 Å². The van der Waals surface area contributed by atoms with Gasteiger partial charge in [0.15, 0.2) is 5.52 Å². The van der Waals surface area contributed by atoms with Gasteiger partial charge in [-0.25, -0.2) is 9.59 Å². The van der Waals surface area contributed by atoms with Gasteiger partial charge in [0.05, 0.1) is 6.54 Å². The Morgan fingerprint density at radius 2 is 1.85 bits per heavy atom. The second-order valence-corrected chi connectivity index (χ2v) is 7.69. The Labute approximate surface area is 202 Å². The fourth-order valence-electron chi connectivity index (χ4n) is 3.90. The van der Waals surface area contributed by atoms with Gasteiger partial charge in [0.25, 0.3) is 5.56 Å². The molecule has 0 aliphatic carbocycles. The third-order valence-electron chi connectivity index (χ3n) is 5.47. The number of aromatic nitrogens is 4. The van der Waals surface area contributed by atoms with Crippen LogP contribution in [-0.4, -0.2) is 51.0 Å². The zero-order valence-corrected chi connectivity index (χ0v) is 19.9. The first kappa shape index (κ1) is 25.1. The molecular weight excluding hydrogens is 460 g/mol. The first-order chi connectivity index (χ1) is 16.0. The molecule has 11 heteroatoms. The molecule has 2 aromatic heterocycles. The highest BCUT2D eigenvalue weighted by atomic mass is 35.5. The number of anilines is 1. The highest BCUT2D eigenvalue weighted by Gasteiger charge is 2.26. The van der Waals surface area contributed by atoms with Crippen molar-refractivity contribution in [2.24, 2.45) is 0 Å². The summed E-state index contributed by atoms with van der Waals surface area (Å²) in [4.78, 5) is 50.4. The van der Waals surface area contributed by atoms with Crippen LogP contribution in [0, 0.1) is 11.8 Å². The Kier molecular flexibility index (Phi) is 8.15. The Balaban J connectivity index is 0.00000324. The topological polar surface area (TPSA) is 103 Å². The summed E-state index contributed by atoms with van der Waals surface area (Å²) in [6, 6.07) is 9.56. The molecule has 0 bridgehead atoms. The van der Waals surface area contributed by atoms with E-state index in [1.54, 1.807) is 11.5 Å². The van der Waals surface area contributed by atoms with Crippen molar-refractivity contribution in [1.29, 1.82) is 0 Å². The van der Waals surface area contributed by atoms with Gasteiger partial charge in [0, 0.05) is 39.6 Å². The molecule has 1 aromatic carbocycles. The molecule has 10 nitrogen and oxygen atoms in total. The highest BCUT2D eigenvalue weighted by molar-refractivity contribution is 5.85. The maximum absolute atomic E-state index is 13.6. The largest absolute Gasteiger partial charge is 0.366 e. The number of nitrogens with zero attached hydrogens (tertiary/aromatic N) is 5. The molecule has 0 saturated carbocycles. The lowest BCUT2D eigenvalue weighted by Gasteiger charge is -2.28. The minimum atomic E-state index is -0.739. The van der Waals surface area contributed by atoms with Crippen LogP contribution in [0.25, 0.3) is 11.2 Å². The van der Waals surface area contributed by atoms with E-state index in [0.29, 0.717) is 25.5 Å². The number of hydrogen-bond donors (Lipinski definition) is 1. The van der Waals surface area contributed by atoms with Gasteiger partial charge in [-0.1, -0.05) is 41.0 Å². The van der Waals surface area contributed by atoms with E-state index in [9.17, 15) is 14.4 Å². The van der Waals surface area contributed by atoms with Crippen LogP contribution < -0.4 is 26.3 Å². The van der Waals surface area contributed by atoms with Gasteiger partial charge in [0.2, 0.25) is 11.6 Å². The minimum absolute atomic E-state index is 0. The lowest BCUT2D eigenvalue weighted by Crippen LogP contribution is -2.45. The van der Waals surface area contributed by atoms with Gasteiger partial charge in [-0.15, -0.1) is 18.3 Å². The van der Waals surface area contributed by atoms with Gasteiger partial charge in [-0.05, 0) is 18.9 Å². The van der Waals surface area contributed by atoms with Gasteiger partial charge in [-0.2, -0.15) is 4.98 Å². The monoisotopic (exact) mass is 486 g/mol. The van der Waals surface area contributed by atoms with E-state index >= 15 is 0 Å². The fraction of sp³-hybridized carbons (Fsp3) is 0.391. The van der Waals surface area contributed by atoms with E-state index in [0.717, 1.165) is 28.0 Å². The van der Waals surface area contributed by atoms with Crippen molar-refractivity contribution in [2.45, 2.75) is 33.4 Å². The molecule has 3 aromatic rings. The van der Waals surface area contributed by atoms with Crippen molar-refractivity contribution in [3.63, 3.8) is 0 Å². The van der Waals surface area contributed by atoms with Crippen LogP contribution in [0.15, 0.2) is 39.9 Å². The number of hydrogen-bond acceptors (Lipinski definition) is 7. The summed E-state index contributed by atoms with van der Waals surface area (Å²) in [6.07, 6.45) is 0.467. The molecule has 0 amide bonds. The minimum Gasteiger partial charge on any atom is -0.340 e. The first-order valence-electron chi connectivity index (χ1n) is 10.9. The van der Waals surface area contributed by atoms with E-state index in [1.807, 2.05) is 35.2 Å². The molecule has 0 atom stereocenters. The Hall–Kier alpha value is -3.55. The zero-order valence-electron chi connectivity index (χ0n) is 19.1. The molecule has 1 N–H and O–H groups in total. The van der Waals surface area contributed by atoms with Gasteiger partial charge in [0.1, 0.15) is 0 Å². The predicted molar refractivity (Wildman–Crippen MR) is 131 cm³/mol. The van der Waals surface area contributed by atoms with Crippen LogP contribution in [0.3, 0.4) is 0 Å². The molecular formula is C23H27ClN6O4. The highest BCUT2D eigenvalue weighted by Crippen LogP contribution is 2.20. The number of aryl methyl sites for hydroxylation is 1. The zero-order chi connectivity index (χ0) is 23.4. The van der Waals surface area contributed by atoms with Crippen molar-refractivity contribution in [3.8, 4) is 11.8 Å². The Morgan fingerprint density at radius 1 is 1.15 bits per heavy atom. The van der Waals surface area contributed by atoms with Crippen molar-refractivity contribution in [1.82, 2.24) is 24.2 Å². The van der Waals surface area contributed by atoms with Crippen molar-refractivity contribution in [2.75, 3.05) is 31.1 Å². The summed E-state index contributed by atoms with van der Waals surface area (Å²) in [7, 11) is 0. The SMILES string of the molecule is CC#CCn1c(N2CCNCC2)nc2c1c(=O)n(CCc1ccccc1)c(=O)n2OC(C)=O.Cl. The van der Waals surface area contributed by atoms with Crippen LogP contribution in [0.4, 0.5) is 5.95 Å². The molecule has 1 saturated heterocycles. The van der Waals surface area contributed by atoms with Crippen LogP contribution in [0.5, 0.6) is 0 Å². The number of rotatable bonds is 6. The van der Waals surface area contributed by atoms with Crippen LogP contribution in [0.2, 0.25) is 0 Å². The van der Waals surface area contributed by atoms with E-state index < -0.39 is 17.2 Å². The average molecular weight is 487 g/mol. The van der Waals surface area contributed by atoms with E-state index in [-0.39, 0.29) is 36.7 Å². The second kappa shape index (κ2) is 11.0. The third-order valence-corrected chi connectivity index (χ3v) is 5.47. The van der Waals surface area contributed by atoms with E-state index in [4.69, 9.17) is 4.84 Å². The molecule has 1 aliphatic rings. The number of imidazole rings is 1. The van der Waals surface area contributed by atoms with Crippen molar-refractivity contribution >= 4 is 35.5 Å². The summed E-state index contributed by atoms with van der Waals surface area (Å²) in [6.45, 7) is 6.17. The summed E-state index contributed by atoms with van der Waals surface area (Å²) < 4.78 is 3.63. The lowest BCUT2D eigenvalue weighted by atomic mass is 10.1. The first-order valence-corrected chi connectivity index (χ1v) is 10.9. The van der Waals surface area contributed by atoms with Crippen LogP contribution >= 0.6 is 12.4 Å². The van der Waals surface area contributed by atoms with Gasteiger partial charge < -0.3 is 15.1 Å². The summed E-state index contributed by atoms with van der Waals surface area (Å²) in [5.41, 5.74) is -0.0459. The van der Waals surface area contributed by atoms with Crippen molar-refractivity contribution < 1.29 is 9.63 Å². The third kappa shape index (κ3) is 5.00. The van der Waals surface area contributed by atoms with E-state index in [1.165, 1.54) is 6.92 Å². The smallest absolute Gasteiger partial charge is 0.340 e. The summed E-state index contributed by atoms with van der Waals surface area (Å²) in [5.74, 6) is 5.68. The summed E-state index contributed by atoms with van der Waals surface area (Å²) in [5, 5.41) is 3.28. The molecule has 3 heterocycles. The lowest BCUT2D eigenvalue weighted by molar-refractivity contribution is -0.141. The number of benzene rings is 1. The molecule has 4 rings (SSSR count). The predicted octanol–water partition coefficient (Wildman–Crippen LogP) is 0.432. The molecule has 180 valence electrons. The summed E-state index contributed by atoms with van der Waals surface area (Å²) >= 11 is 0. The van der Waals surface area contributed by atoms with E-state index in [2.05, 4.69) is 22.1 Å². The van der Waals surface area contributed by atoms with Crippen LogP contribution in [-0.2, 0) is 24.3 Å². The Bertz CT molecular complexity index is 1340. The number of nitrogens with one attached hydrogen (secondary N) is 1. The molecule has 1 aliphatic heterocycles. The maximum atomic E-state index is 13.6. The molecule has 0 spiro atoms. The molecule has 0 unspecified atom stereocenters. The quantitative estimate of drug-likeness (QED) is 0.504. The molecule has 34 heavy (non-hydrogen) atoms. The normalized spacial score (nSPS) is 13.2. The number of piperazine rings is 1. The Morgan fingerprint density at radius 3 is 2.50 bits per heavy atom. The second-order valence-electron chi connectivity index (χ2n) is 7.69. The maximum Gasteiger partial charge on any atom is 0.366 e. The average Bonchev–Trinajstić information content (AvgIpc) is 3.21.